The molecule has 2 heterocycles. The summed E-state index contributed by atoms with van der Waals surface area (Å²) in [7, 11) is 0. The van der Waals surface area contributed by atoms with Crippen LogP contribution in [0.5, 0.6) is 0 Å². The van der Waals surface area contributed by atoms with E-state index in [1.165, 1.54) is 11.3 Å². The SMILES string of the molecule is Nc1nc(-c2cncs2)nc(-c2ccccc2)c1I. The van der Waals surface area contributed by atoms with Crippen molar-refractivity contribution in [1.82, 2.24) is 15.0 Å². The normalized spacial score (nSPS) is 10.6. The van der Waals surface area contributed by atoms with Crippen LogP contribution in [-0.4, -0.2) is 15.0 Å². The molecule has 2 N–H and O–H groups in total. The number of rotatable bonds is 2. The lowest BCUT2D eigenvalue weighted by Gasteiger charge is -2.08. The number of hydrogen-bond donors (Lipinski definition) is 1. The molecule has 0 aliphatic carbocycles. The van der Waals surface area contributed by atoms with Crippen LogP contribution in [0, 0.1) is 3.57 Å². The molecule has 0 amide bonds. The lowest BCUT2D eigenvalue weighted by Crippen LogP contribution is -2.01. The molecule has 0 saturated carbocycles. The van der Waals surface area contributed by atoms with E-state index in [-0.39, 0.29) is 0 Å². The monoisotopic (exact) mass is 380 g/mol. The van der Waals surface area contributed by atoms with E-state index in [0.717, 1.165) is 19.7 Å². The molecule has 0 fully saturated rings. The Labute approximate surface area is 127 Å². The summed E-state index contributed by atoms with van der Waals surface area (Å²) in [6, 6.07) is 9.97. The molecule has 3 aromatic rings. The van der Waals surface area contributed by atoms with Gasteiger partial charge in [0.05, 0.1) is 19.7 Å². The van der Waals surface area contributed by atoms with Crippen LogP contribution in [0.1, 0.15) is 0 Å². The molecular formula is C13H9IN4S. The smallest absolute Gasteiger partial charge is 0.173 e. The van der Waals surface area contributed by atoms with Crippen molar-refractivity contribution < 1.29 is 0 Å². The fourth-order valence-corrected chi connectivity index (χ4v) is 2.79. The van der Waals surface area contributed by atoms with Gasteiger partial charge in [0.15, 0.2) is 5.82 Å². The van der Waals surface area contributed by atoms with Crippen molar-refractivity contribution in [2.24, 2.45) is 0 Å². The maximum absolute atomic E-state index is 5.99. The summed E-state index contributed by atoms with van der Waals surface area (Å²) in [5.41, 5.74) is 9.64. The van der Waals surface area contributed by atoms with Gasteiger partial charge in [0.1, 0.15) is 5.82 Å². The number of anilines is 1. The Morgan fingerprint density at radius 2 is 1.89 bits per heavy atom. The predicted octanol–water partition coefficient (Wildman–Crippen LogP) is 3.45. The number of nitrogen functional groups attached to an aromatic ring is 1. The van der Waals surface area contributed by atoms with Crippen LogP contribution in [0.15, 0.2) is 42.0 Å². The fraction of sp³-hybridized carbons (Fsp3) is 0. The first-order valence-electron chi connectivity index (χ1n) is 5.53. The first-order valence-corrected chi connectivity index (χ1v) is 7.49. The topological polar surface area (TPSA) is 64.7 Å². The molecule has 0 unspecified atom stereocenters. The van der Waals surface area contributed by atoms with Gasteiger partial charge >= 0.3 is 0 Å². The molecular weight excluding hydrogens is 371 g/mol. The quantitative estimate of drug-likeness (QED) is 0.692. The van der Waals surface area contributed by atoms with Crippen LogP contribution in [0.4, 0.5) is 5.82 Å². The second-order valence-electron chi connectivity index (χ2n) is 3.83. The van der Waals surface area contributed by atoms with Crippen molar-refractivity contribution in [3.63, 3.8) is 0 Å². The predicted molar refractivity (Wildman–Crippen MR) is 85.7 cm³/mol. The van der Waals surface area contributed by atoms with Crippen LogP contribution in [-0.2, 0) is 0 Å². The van der Waals surface area contributed by atoms with E-state index in [1.807, 2.05) is 30.3 Å². The van der Waals surface area contributed by atoms with E-state index < -0.39 is 0 Å². The lowest BCUT2D eigenvalue weighted by atomic mass is 10.1. The van der Waals surface area contributed by atoms with Gasteiger partial charge in [-0.25, -0.2) is 9.97 Å². The molecule has 0 spiro atoms. The molecule has 0 aliphatic rings. The third-order valence-electron chi connectivity index (χ3n) is 2.58. The fourth-order valence-electron chi connectivity index (χ4n) is 1.69. The second-order valence-corrected chi connectivity index (χ2v) is 5.79. The first-order chi connectivity index (χ1) is 9.25. The molecule has 4 nitrogen and oxygen atoms in total. The Bertz CT molecular complexity index is 698. The molecule has 94 valence electrons. The van der Waals surface area contributed by atoms with Gasteiger partial charge in [0.25, 0.3) is 0 Å². The first kappa shape index (κ1) is 12.5. The minimum Gasteiger partial charge on any atom is -0.383 e. The highest BCUT2D eigenvalue weighted by Crippen LogP contribution is 2.30. The lowest BCUT2D eigenvalue weighted by molar-refractivity contribution is 1.18. The van der Waals surface area contributed by atoms with Gasteiger partial charge in [-0.05, 0) is 22.6 Å². The highest BCUT2D eigenvalue weighted by atomic mass is 127. The van der Waals surface area contributed by atoms with Crippen molar-refractivity contribution in [2.75, 3.05) is 5.73 Å². The third-order valence-corrected chi connectivity index (χ3v) is 4.41. The van der Waals surface area contributed by atoms with Crippen molar-refractivity contribution in [3.8, 4) is 22.0 Å². The Morgan fingerprint density at radius 1 is 1.11 bits per heavy atom. The van der Waals surface area contributed by atoms with Gasteiger partial charge < -0.3 is 5.73 Å². The minimum atomic E-state index is 0.498. The van der Waals surface area contributed by atoms with Crippen molar-refractivity contribution in [2.45, 2.75) is 0 Å². The number of benzene rings is 1. The summed E-state index contributed by atoms with van der Waals surface area (Å²) in [5.74, 6) is 1.12. The minimum absolute atomic E-state index is 0.498. The summed E-state index contributed by atoms with van der Waals surface area (Å²) in [6.45, 7) is 0. The molecule has 0 atom stereocenters. The molecule has 6 heteroatoms. The van der Waals surface area contributed by atoms with Gasteiger partial charge in [-0.2, -0.15) is 0 Å². The average Bonchev–Trinajstić information content (AvgIpc) is 2.97. The summed E-state index contributed by atoms with van der Waals surface area (Å²) in [5, 5.41) is 0. The number of nitrogens with zero attached hydrogens (tertiary/aromatic N) is 3. The zero-order valence-electron chi connectivity index (χ0n) is 9.75. The molecule has 2 aromatic heterocycles. The number of thiazole rings is 1. The van der Waals surface area contributed by atoms with Crippen LogP contribution >= 0.6 is 33.9 Å². The summed E-state index contributed by atoms with van der Waals surface area (Å²) >= 11 is 3.68. The van der Waals surface area contributed by atoms with Gasteiger partial charge in [-0.1, -0.05) is 30.3 Å². The van der Waals surface area contributed by atoms with E-state index in [0.29, 0.717) is 11.6 Å². The Hall–Kier alpha value is -1.54. The molecule has 0 radical (unpaired) electrons. The van der Waals surface area contributed by atoms with E-state index in [9.17, 15) is 0 Å². The van der Waals surface area contributed by atoms with Crippen LogP contribution in [0.2, 0.25) is 0 Å². The van der Waals surface area contributed by atoms with E-state index in [4.69, 9.17) is 5.73 Å². The maximum Gasteiger partial charge on any atom is 0.173 e. The molecule has 0 aliphatic heterocycles. The highest BCUT2D eigenvalue weighted by molar-refractivity contribution is 14.1. The van der Waals surface area contributed by atoms with Gasteiger partial charge in [-0.15, -0.1) is 11.3 Å². The zero-order valence-corrected chi connectivity index (χ0v) is 12.7. The second kappa shape index (κ2) is 5.22. The Kier molecular flexibility index (Phi) is 3.43. The largest absolute Gasteiger partial charge is 0.383 e. The number of hydrogen-bond acceptors (Lipinski definition) is 5. The average molecular weight is 380 g/mol. The van der Waals surface area contributed by atoms with Crippen molar-refractivity contribution in [3.05, 3.63) is 45.6 Å². The summed E-state index contributed by atoms with van der Waals surface area (Å²) in [4.78, 5) is 13.9. The van der Waals surface area contributed by atoms with Gasteiger partial charge in [0, 0.05) is 11.8 Å². The Morgan fingerprint density at radius 3 is 2.58 bits per heavy atom. The van der Waals surface area contributed by atoms with E-state index >= 15 is 0 Å². The van der Waals surface area contributed by atoms with Crippen LogP contribution in [0.25, 0.3) is 22.0 Å². The van der Waals surface area contributed by atoms with Crippen molar-refractivity contribution in [1.29, 1.82) is 0 Å². The molecule has 1 aromatic carbocycles. The van der Waals surface area contributed by atoms with Gasteiger partial charge in [0.2, 0.25) is 0 Å². The van der Waals surface area contributed by atoms with Gasteiger partial charge in [-0.3, -0.25) is 4.98 Å². The number of nitrogens with two attached hydrogens (primary N) is 1. The summed E-state index contributed by atoms with van der Waals surface area (Å²) in [6.07, 6.45) is 1.75. The Balaban J connectivity index is 2.20. The maximum atomic E-state index is 5.99. The third kappa shape index (κ3) is 2.45. The van der Waals surface area contributed by atoms with Crippen LogP contribution in [0.3, 0.4) is 0 Å². The number of aromatic nitrogens is 3. The summed E-state index contributed by atoms with van der Waals surface area (Å²) < 4.78 is 0.872. The van der Waals surface area contributed by atoms with E-state index in [2.05, 4.69) is 37.5 Å². The molecule has 0 bridgehead atoms. The van der Waals surface area contributed by atoms with Crippen LogP contribution < -0.4 is 5.73 Å². The zero-order chi connectivity index (χ0) is 13.2. The molecule has 0 saturated heterocycles. The number of halogens is 1. The standard InChI is InChI=1S/C13H9IN4S/c14-10-11(8-4-2-1-3-5-8)17-13(18-12(10)15)9-6-16-7-19-9/h1-7H,(H2,15,17,18). The molecule has 3 rings (SSSR count). The van der Waals surface area contributed by atoms with Crippen molar-refractivity contribution >= 4 is 39.7 Å². The van der Waals surface area contributed by atoms with E-state index in [1.54, 1.807) is 11.7 Å². The highest BCUT2D eigenvalue weighted by Gasteiger charge is 2.13. The molecule has 19 heavy (non-hydrogen) atoms.